The average molecular weight is 361 g/mol. The van der Waals surface area contributed by atoms with Gasteiger partial charge in [-0.15, -0.1) is 0 Å². The Morgan fingerprint density at radius 2 is 1.73 bits per heavy atom. The van der Waals surface area contributed by atoms with Crippen LogP contribution in [0.1, 0.15) is 20.8 Å². The maximum absolute atomic E-state index is 12.9. The van der Waals surface area contributed by atoms with Crippen molar-refractivity contribution in [3.8, 4) is 11.5 Å². The Balaban J connectivity index is 1.50. The second kappa shape index (κ2) is 8.27. The molecule has 144 valence electrons. The fourth-order valence-electron chi connectivity index (χ4n) is 3.66. The number of rotatable bonds is 5. The number of amides is 1. The first-order valence-corrected chi connectivity index (χ1v) is 9.57. The van der Waals surface area contributed by atoms with Crippen LogP contribution in [0.15, 0.2) is 24.3 Å². The minimum atomic E-state index is -0.135. The molecule has 0 bridgehead atoms. The van der Waals surface area contributed by atoms with E-state index in [0.29, 0.717) is 19.2 Å². The van der Waals surface area contributed by atoms with Gasteiger partial charge in [0.25, 0.3) is 0 Å². The summed E-state index contributed by atoms with van der Waals surface area (Å²) in [4.78, 5) is 19.4. The molecule has 6 nitrogen and oxygen atoms in total. The highest BCUT2D eigenvalue weighted by Crippen LogP contribution is 2.31. The Labute approximate surface area is 156 Å². The standard InChI is InChI=1S/C20H31N3O3/c1-15(2)22-9-11-23(12-10-22)16(3)20(24)21(4)13-17-14-25-18-7-5-6-8-19(18)26-17/h5-8,15-17H,9-14H2,1-4H3. The summed E-state index contributed by atoms with van der Waals surface area (Å²) in [6.45, 7) is 11.4. The van der Waals surface area contributed by atoms with Gasteiger partial charge in [0.05, 0.1) is 12.6 Å². The fourth-order valence-corrected chi connectivity index (χ4v) is 3.66. The van der Waals surface area contributed by atoms with E-state index in [0.717, 1.165) is 37.7 Å². The molecule has 26 heavy (non-hydrogen) atoms. The number of fused-ring (bicyclic) bond motifs is 1. The molecule has 0 saturated carbocycles. The van der Waals surface area contributed by atoms with E-state index >= 15 is 0 Å². The van der Waals surface area contributed by atoms with Crippen molar-refractivity contribution < 1.29 is 14.3 Å². The van der Waals surface area contributed by atoms with E-state index in [2.05, 4.69) is 23.6 Å². The first kappa shape index (κ1) is 19.0. The first-order chi connectivity index (χ1) is 12.5. The summed E-state index contributed by atoms with van der Waals surface area (Å²) in [5.74, 6) is 1.67. The van der Waals surface area contributed by atoms with Gasteiger partial charge >= 0.3 is 0 Å². The Hall–Kier alpha value is -1.79. The van der Waals surface area contributed by atoms with E-state index in [1.807, 2.05) is 38.2 Å². The van der Waals surface area contributed by atoms with Crippen LogP contribution in [0.2, 0.25) is 0 Å². The fraction of sp³-hybridized carbons (Fsp3) is 0.650. The van der Waals surface area contributed by atoms with Crippen LogP contribution in [-0.4, -0.2) is 85.2 Å². The van der Waals surface area contributed by atoms with Gasteiger partial charge in [-0.3, -0.25) is 14.6 Å². The van der Waals surface area contributed by atoms with Crippen LogP contribution >= 0.6 is 0 Å². The SMILES string of the molecule is CC(C)N1CCN(C(C)C(=O)N(C)CC2COc3ccccc3O2)CC1. The third-order valence-corrected chi connectivity index (χ3v) is 5.41. The number of carbonyl (C=O) groups excluding carboxylic acids is 1. The van der Waals surface area contributed by atoms with Gasteiger partial charge in [0.2, 0.25) is 5.91 Å². The number of hydrogen-bond acceptors (Lipinski definition) is 5. The van der Waals surface area contributed by atoms with Crippen molar-refractivity contribution in [1.29, 1.82) is 0 Å². The van der Waals surface area contributed by atoms with Crippen molar-refractivity contribution >= 4 is 5.91 Å². The molecule has 2 heterocycles. The smallest absolute Gasteiger partial charge is 0.239 e. The van der Waals surface area contributed by atoms with Gasteiger partial charge in [-0.2, -0.15) is 0 Å². The first-order valence-electron chi connectivity index (χ1n) is 9.57. The number of likely N-dealkylation sites (N-methyl/N-ethyl adjacent to an activating group) is 1. The van der Waals surface area contributed by atoms with Crippen LogP contribution in [0.4, 0.5) is 0 Å². The van der Waals surface area contributed by atoms with Gasteiger partial charge in [-0.25, -0.2) is 0 Å². The molecule has 1 aromatic carbocycles. The molecule has 3 rings (SSSR count). The zero-order valence-electron chi connectivity index (χ0n) is 16.4. The van der Waals surface area contributed by atoms with Crippen LogP contribution in [0.3, 0.4) is 0 Å². The van der Waals surface area contributed by atoms with Crippen molar-refractivity contribution in [2.45, 2.75) is 39.0 Å². The topological polar surface area (TPSA) is 45.2 Å². The molecular weight excluding hydrogens is 330 g/mol. The molecule has 0 radical (unpaired) electrons. The van der Waals surface area contributed by atoms with E-state index in [1.54, 1.807) is 4.90 Å². The quantitative estimate of drug-likeness (QED) is 0.799. The molecule has 6 heteroatoms. The third-order valence-electron chi connectivity index (χ3n) is 5.41. The lowest BCUT2D eigenvalue weighted by Crippen LogP contribution is -2.56. The van der Waals surface area contributed by atoms with Gasteiger partial charge in [0, 0.05) is 39.3 Å². The van der Waals surface area contributed by atoms with E-state index < -0.39 is 0 Å². The normalized spacial score (nSPS) is 22.3. The highest BCUT2D eigenvalue weighted by Gasteiger charge is 2.30. The third kappa shape index (κ3) is 4.30. The van der Waals surface area contributed by atoms with Gasteiger partial charge in [-0.1, -0.05) is 12.1 Å². The summed E-state index contributed by atoms with van der Waals surface area (Å²) in [5, 5.41) is 0. The summed E-state index contributed by atoms with van der Waals surface area (Å²) in [6.07, 6.45) is -0.135. The van der Waals surface area contributed by atoms with Gasteiger partial charge in [-0.05, 0) is 32.9 Å². The summed E-state index contributed by atoms with van der Waals surface area (Å²) in [6, 6.07) is 8.12. The van der Waals surface area contributed by atoms with Gasteiger partial charge in [0.15, 0.2) is 17.6 Å². The second-order valence-electron chi connectivity index (χ2n) is 7.56. The summed E-state index contributed by atoms with van der Waals surface area (Å²) in [7, 11) is 1.85. The number of piperazine rings is 1. The van der Waals surface area contributed by atoms with E-state index in [1.165, 1.54) is 0 Å². The molecule has 1 amide bonds. The summed E-state index contributed by atoms with van der Waals surface area (Å²) < 4.78 is 11.7. The van der Waals surface area contributed by atoms with Crippen LogP contribution in [-0.2, 0) is 4.79 Å². The van der Waals surface area contributed by atoms with Crippen molar-refractivity contribution in [2.75, 3.05) is 46.4 Å². The van der Waals surface area contributed by atoms with E-state index in [9.17, 15) is 4.79 Å². The molecule has 1 saturated heterocycles. The average Bonchev–Trinajstić information content (AvgIpc) is 2.66. The highest BCUT2D eigenvalue weighted by molar-refractivity contribution is 5.81. The molecule has 2 aliphatic rings. The van der Waals surface area contributed by atoms with Crippen LogP contribution < -0.4 is 9.47 Å². The highest BCUT2D eigenvalue weighted by atomic mass is 16.6. The molecule has 2 aliphatic heterocycles. The summed E-state index contributed by atoms with van der Waals surface area (Å²) in [5.41, 5.74) is 0. The lowest BCUT2D eigenvalue weighted by molar-refractivity contribution is -0.137. The number of carbonyl (C=O) groups is 1. The Bertz CT molecular complexity index is 614. The molecular formula is C20H31N3O3. The zero-order chi connectivity index (χ0) is 18.7. The van der Waals surface area contributed by atoms with Gasteiger partial charge in [0.1, 0.15) is 6.61 Å². The number of ether oxygens (including phenoxy) is 2. The minimum absolute atomic E-state index is 0.105. The predicted octanol–water partition coefficient (Wildman–Crippen LogP) is 1.70. The van der Waals surface area contributed by atoms with Crippen molar-refractivity contribution in [1.82, 2.24) is 14.7 Å². The maximum Gasteiger partial charge on any atom is 0.239 e. The number of hydrogen-bond donors (Lipinski definition) is 0. The van der Waals surface area contributed by atoms with Crippen molar-refractivity contribution in [2.24, 2.45) is 0 Å². The van der Waals surface area contributed by atoms with Gasteiger partial charge < -0.3 is 14.4 Å². The lowest BCUT2D eigenvalue weighted by atomic mass is 10.1. The Morgan fingerprint density at radius 1 is 1.12 bits per heavy atom. The second-order valence-corrected chi connectivity index (χ2v) is 7.56. The van der Waals surface area contributed by atoms with Crippen LogP contribution in [0.25, 0.3) is 0 Å². The number of nitrogens with zero attached hydrogens (tertiary/aromatic N) is 3. The Morgan fingerprint density at radius 3 is 2.38 bits per heavy atom. The molecule has 0 N–H and O–H groups in total. The van der Waals surface area contributed by atoms with E-state index in [4.69, 9.17) is 9.47 Å². The molecule has 0 spiro atoms. The molecule has 2 atom stereocenters. The summed E-state index contributed by atoms with van der Waals surface area (Å²) >= 11 is 0. The van der Waals surface area contributed by atoms with Crippen LogP contribution in [0.5, 0.6) is 11.5 Å². The molecule has 1 fully saturated rings. The molecule has 0 aromatic heterocycles. The predicted molar refractivity (Wildman–Crippen MR) is 102 cm³/mol. The zero-order valence-corrected chi connectivity index (χ0v) is 16.4. The van der Waals surface area contributed by atoms with Crippen molar-refractivity contribution in [3.63, 3.8) is 0 Å². The van der Waals surface area contributed by atoms with Crippen LogP contribution in [0, 0.1) is 0 Å². The molecule has 2 unspecified atom stereocenters. The Kier molecular flexibility index (Phi) is 6.04. The maximum atomic E-state index is 12.9. The van der Waals surface area contributed by atoms with E-state index in [-0.39, 0.29) is 18.1 Å². The molecule has 0 aliphatic carbocycles. The molecule has 1 aromatic rings. The number of para-hydroxylation sites is 2. The minimum Gasteiger partial charge on any atom is -0.486 e. The lowest BCUT2D eigenvalue weighted by Gasteiger charge is -2.40. The number of benzene rings is 1. The van der Waals surface area contributed by atoms with Crippen molar-refractivity contribution in [3.05, 3.63) is 24.3 Å². The largest absolute Gasteiger partial charge is 0.486 e. The monoisotopic (exact) mass is 361 g/mol.